The summed E-state index contributed by atoms with van der Waals surface area (Å²) in [4.78, 5) is 18.3. The molecule has 4 nitrogen and oxygen atoms in total. The van der Waals surface area contributed by atoms with Crippen molar-refractivity contribution in [3.05, 3.63) is 93.6 Å². The lowest BCUT2D eigenvalue weighted by Gasteiger charge is -2.22. The zero-order chi connectivity index (χ0) is 25.4. The SMILES string of the molecule is Cc1cc(C)c2ncc(N(O)C(=O)c3cc(C(C)C)cc(C(C)C)c3)c(-c3ccccc3Cl)c2c1. The Morgan fingerprint density at radius 1 is 0.943 bits per heavy atom. The van der Waals surface area contributed by atoms with Crippen molar-refractivity contribution in [3.8, 4) is 11.1 Å². The third-order valence-corrected chi connectivity index (χ3v) is 6.74. The predicted octanol–water partition coefficient (Wildman–Crippen LogP) is 8.45. The largest absolute Gasteiger partial charge is 0.282 e. The van der Waals surface area contributed by atoms with Crippen LogP contribution >= 0.6 is 11.6 Å². The molecule has 0 atom stereocenters. The van der Waals surface area contributed by atoms with Gasteiger partial charge in [0.2, 0.25) is 0 Å². The van der Waals surface area contributed by atoms with Crippen LogP contribution in [0.4, 0.5) is 5.69 Å². The van der Waals surface area contributed by atoms with Crippen LogP contribution in [-0.2, 0) is 0 Å². The highest BCUT2D eigenvalue weighted by Crippen LogP contribution is 2.41. The van der Waals surface area contributed by atoms with Crippen LogP contribution in [0.25, 0.3) is 22.0 Å². The van der Waals surface area contributed by atoms with E-state index in [9.17, 15) is 10.0 Å². The van der Waals surface area contributed by atoms with E-state index in [1.807, 2.05) is 50.2 Å². The number of hydroxylamine groups is 1. The molecule has 1 N–H and O–H groups in total. The lowest BCUT2D eigenvalue weighted by Crippen LogP contribution is -2.28. The number of fused-ring (bicyclic) bond motifs is 1. The summed E-state index contributed by atoms with van der Waals surface area (Å²) < 4.78 is 0. The second-order valence-electron chi connectivity index (χ2n) is 9.79. The summed E-state index contributed by atoms with van der Waals surface area (Å²) in [6.07, 6.45) is 1.55. The van der Waals surface area contributed by atoms with Crippen molar-refractivity contribution >= 4 is 34.1 Å². The Balaban J connectivity index is 1.95. The van der Waals surface area contributed by atoms with Crippen molar-refractivity contribution in [2.24, 2.45) is 0 Å². The Morgan fingerprint density at radius 3 is 2.17 bits per heavy atom. The summed E-state index contributed by atoms with van der Waals surface area (Å²) in [5.41, 5.74) is 7.13. The molecule has 1 heterocycles. The van der Waals surface area contributed by atoms with Gasteiger partial charge in [-0.05, 0) is 66.6 Å². The molecule has 1 aromatic heterocycles. The van der Waals surface area contributed by atoms with E-state index in [2.05, 4.69) is 44.8 Å². The molecule has 0 aliphatic heterocycles. The smallest absolute Gasteiger partial charge is 0.281 e. The van der Waals surface area contributed by atoms with E-state index in [-0.39, 0.29) is 11.8 Å². The number of amides is 1. The normalized spacial score (nSPS) is 11.5. The minimum atomic E-state index is -0.506. The number of hydrogen-bond donors (Lipinski definition) is 1. The summed E-state index contributed by atoms with van der Waals surface area (Å²) in [5, 5.41) is 13.4. The zero-order valence-electron chi connectivity index (χ0n) is 21.1. The molecule has 35 heavy (non-hydrogen) atoms. The fourth-order valence-electron chi connectivity index (χ4n) is 4.46. The van der Waals surface area contributed by atoms with Crippen LogP contribution in [0.1, 0.15) is 72.1 Å². The first-order valence-electron chi connectivity index (χ1n) is 11.9. The summed E-state index contributed by atoms with van der Waals surface area (Å²) >= 11 is 6.62. The third-order valence-electron chi connectivity index (χ3n) is 6.41. The quantitative estimate of drug-likeness (QED) is 0.227. The molecule has 5 heteroatoms. The van der Waals surface area contributed by atoms with Crippen molar-refractivity contribution < 1.29 is 10.0 Å². The Hall–Kier alpha value is -3.21. The minimum absolute atomic E-state index is 0.249. The standard InChI is InChI=1S/C30H31ClN2O2/c1-17(2)21-13-22(18(3)4)15-23(14-21)30(34)33(35)27-16-32-29-20(6)11-19(5)12-25(29)28(27)24-9-7-8-10-26(24)31/h7-18,35H,1-6H3. The molecule has 0 radical (unpaired) electrons. The molecule has 4 aromatic rings. The van der Waals surface area contributed by atoms with Crippen molar-refractivity contribution in [2.75, 3.05) is 5.06 Å². The molecule has 0 unspecified atom stereocenters. The lowest BCUT2D eigenvalue weighted by atomic mass is 9.92. The van der Waals surface area contributed by atoms with Gasteiger partial charge in [-0.1, -0.05) is 75.2 Å². The van der Waals surface area contributed by atoms with Crippen molar-refractivity contribution in [1.82, 2.24) is 4.98 Å². The van der Waals surface area contributed by atoms with E-state index >= 15 is 0 Å². The molecular formula is C30H31ClN2O2. The van der Waals surface area contributed by atoms with Crippen molar-refractivity contribution in [3.63, 3.8) is 0 Å². The number of anilines is 1. The van der Waals surface area contributed by atoms with Crippen LogP contribution in [0.2, 0.25) is 5.02 Å². The maximum atomic E-state index is 13.6. The van der Waals surface area contributed by atoms with Crippen LogP contribution in [0.3, 0.4) is 0 Å². The summed E-state index contributed by atoms with van der Waals surface area (Å²) in [6, 6.07) is 17.4. The molecule has 4 rings (SSSR count). The Labute approximate surface area is 212 Å². The number of benzene rings is 3. The fourth-order valence-corrected chi connectivity index (χ4v) is 4.69. The summed E-state index contributed by atoms with van der Waals surface area (Å²) in [7, 11) is 0. The Bertz CT molecular complexity index is 1400. The third kappa shape index (κ3) is 4.82. The second-order valence-corrected chi connectivity index (χ2v) is 10.2. The topological polar surface area (TPSA) is 53.4 Å². The van der Waals surface area contributed by atoms with Gasteiger partial charge in [-0.2, -0.15) is 5.06 Å². The van der Waals surface area contributed by atoms with Gasteiger partial charge in [0.1, 0.15) is 0 Å². The van der Waals surface area contributed by atoms with Gasteiger partial charge in [-0.15, -0.1) is 0 Å². The fraction of sp³-hybridized carbons (Fsp3) is 0.267. The monoisotopic (exact) mass is 486 g/mol. The first kappa shape index (κ1) is 24.9. The Kier molecular flexibility index (Phi) is 6.98. The molecule has 0 aliphatic rings. The van der Waals surface area contributed by atoms with Crippen molar-refractivity contribution in [1.29, 1.82) is 0 Å². The first-order valence-corrected chi connectivity index (χ1v) is 12.3. The second kappa shape index (κ2) is 9.80. The van der Waals surface area contributed by atoms with E-state index in [1.54, 1.807) is 12.3 Å². The van der Waals surface area contributed by atoms with Crippen LogP contribution in [0, 0.1) is 13.8 Å². The molecule has 0 saturated heterocycles. The number of hydrogen-bond acceptors (Lipinski definition) is 3. The summed E-state index contributed by atoms with van der Waals surface area (Å²) in [6.45, 7) is 12.4. The summed E-state index contributed by atoms with van der Waals surface area (Å²) in [5.74, 6) is -0.00745. The number of aryl methyl sites for hydroxylation is 2. The lowest BCUT2D eigenvalue weighted by molar-refractivity contribution is 0.0854. The molecule has 180 valence electrons. The number of aromatic nitrogens is 1. The molecule has 1 amide bonds. The van der Waals surface area contributed by atoms with Crippen LogP contribution < -0.4 is 5.06 Å². The van der Waals surface area contributed by atoms with Crippen molar-refractivity contribution in [2.45, 2.75) is 53.4 Å². The highest BCUT2D eigenvalue weighted by atomic mass is 35.5. The zero-order valence-corrected chi connectivity index (χ0v) is 21.8. The number of carbonyl (C=O) groups is 1. The molecular weight excluding hydrogens is 456 g/mol. The van der Waals surface area contributed by atoms with Gasteiger partial charge >= 0.3 is 0 Å². The van der Waals surface area contributed by atoms with E-state index in [1.165, 1.54) is 0 Å². The number of halogens is 1. The number of nitrogens with zero attached hydrogens (tertiary/aromatic N) is 2. The first-order chi connectivity index (χ1) is 16.6. The van der Waals surface area contributed by atoms with Gasteiger partial charge in [-0.3, -0.25) is 15.0 Å². The van der Waals surface area contributed by atoms with Gasteiger partial charge in [0.25, 0.3) is 5.91 Å². The highest BCUT2D eigenvalue weighted by molar-refractivity contribution is 6.34. The Morgan fingerprint density at radius 2 is 1.57 bits per heavy atom. The molecule has 3 aromatic carbocycles. The molecule has 0 aliphatic carbocycles. The minimum Gasteiger partial charge on any atom is -0.281 e. The van der Waals surface area contributed by atoms with Gasteiger partial charge < -0.3 is 0 Å². The molecule has 0 saturated carbocycles. The van der Waals surface area contributed by atoms with E-state index in [4.69, 9.17) is 11.6 Å². The maximum absolute atomic E-state index is 13.6. The maximum Gasteiger partial charge on any atom is 0.282 e. The molecule has 0 fully saturated rings. The van der Waals surface area contributed by atoms with Crippen LogP contribution in [-0.4, -0.2) is 16.1 Å². The highest BCUT2D eigenvalue weighted by Gasteiger charge is 2.24. The van der Waals surface area contributed by atoms with E-state index in [0.29, 0.717) is 26.9 Å². The average Bonchev–Trinajstić information content (AvgIpc) is 2.82. The van der Waals surface area contributed by atoms with E-state index in [0.717, 1.165) is 38.7 Å². The molecule has 0 spiro atoms. The van der Waals surface area contributed by atoms with Gasteiger partial charge in [-0.25, -0.2) is 0 Å². The van der Waals surface area contributed by atoms with E-state index < -0.39 is 5.91 Å². The van der Waals surface area contributed by atoms with Gasteiger partial charge in [0.15, 0.2) is 0 Å². The molecule has 0 bridgehead atoms. The average molecular weight is 487 g/mol. The van der Waals surface area contributed by atoms with Gasteiger partial charge in [0, 0.05) is 27.1 Å². The number of pyridine rings is 1. The van der Waals surface area contributed by atoms with Crippen LogP contribution in [0.15, 0.2) is 60.8 Å². The van der Waals surface area contributed by atoms with Crippen LogP contribution in [0.5, 0.6) is 0 Å². The van der Waals surface area contributed by atoms with Gasteiger partial charge in [0.05, 0.1) is 17.4 Å². The predicted molar refractivity (Wildman–Crippen MR) is 145 cm³/mol. The number of carbonyl (C=O) groups excluding carboxylic acids is 1. The number of rotatable bonds is 5.